The second kappa shape index (κ2) is 6.96. The van der Waals surface area contributed by atoms with E-state index >= 15 is 0 Å². The van der Waals surface area contributed by atoms with Crippen LogP contribution in [0.1, 0.15) is 5.56 Å². The van der Waals surface area contributed by atoms with E-state index in [1.807, 2.05) is 0 Å². The van der Waals surface area contributed by atoms with Crippen molar-refractivity contribution < 1.29 is 9.59 Å². The van der Waals surface area contributed by atoms with Gasteiger partial charge in [-0.05, 0) is 23.8 Å². The minimum Gasteiger partial charge on any atom is -0.339 e. The fourth-order valence-electron chi connectivity index (χ4n) is 2.24. The van der Waals surface area contributed by atoms with Crippen LogP contribution >= 0.6 is 23.2 Å². The summed E-state index contributed by atoms with van der Waals surface area (Å²) in [6.45, 7) is 5.63. The maximum Gasteiger partial charge on any atom is 0.246 e. The van der Waals surface area contributed by atoms with Gasteiger partial charge in [0.2, 0.25) is 11.8 Å². The molecular formula is C15H16Cl2N2O2. The standard InChI is InChI=1S/C15H16Cl2N2O2/c1-2-14(20)18-5-7-19(8-6-18)15(21)10-11-3-4-12(16)13(17)9-11/h2-4,9H,1,5-8,10H2. The highest BCUT2D eigenvalue weighted by molar-refractivity contribution is 6.42. The molecule has 1 aliphatic heterocycles. The number of halogens is 2. The van der Waals surface area contributed by atoms with Crippen LogP contribution in [-0.2, 0) is 16.0 Å². The molecule has 21 heavy (non-hydrogen) atoms. The van der Waals surface area contributed by atoms with Crippen LogP contribution in [0.2, 0.25) is 10.0 Å². The van der Waals surface area contributed by atoms with Crippen LogP contribution in [0.3, 0.4) is 0 Å². The van der Waals surface area contributed by atoms with Crippen LogP contribution in [0, 0.1) is 0 Å². The number of carbonyl (C=O) groups is 2. The highest BCUT2D eigenvalue weighted by Crippen LogP contribution is 2.23. The molecular weight excluding hydrogens is 311 g/mol. The van der Waals surface area contributed by atoms with E-state index in [1.54, 1.807) is 28.0 Å². The SMILES string of the molecule is C=CC(=O)N1CCN(C(=O)Cc2ccc(Cl)c(Cl)c2)CC1. The van der Waals surface area contributed by atoms with E-state index in [2.05, 4.69) is 6.58 Å². The number of rotatable bonds is 3. The molecule has 1 heterocycles. The third-order valence-electron chi connectivity index (χ3n) is 3.46. The molecule has 4 nitrogen and oxygen atoms in total. The molecule has 0 aliphatic carbocycles. The first-order chi connectivity index (χ1) is 10.0. The second-order valence-corrected chi connectivity index (χ2v) is 5.65. The first kappa shape index (κ1) is 15.9. The molecule has 0 unspecified atom stereocenters. The molecule has 0 bridgehead atoms. The summed E-state index contributed by atoms with van der Waals surface area (Å²) in [6.07, 6.45) is 1.58. The summed E-state index contributed by atoms with van der Waals surface area (Å²) in [4.78, 5) is 27.2. The summed E-state index contributed by atoms with van der Waals surface area (Å²) in [5.74, 6) is -0.0642. The van der Waals surface area contributed by atoms with Gasteiger partial charge >= 0.3 is 0 Å². The van der Waals surface area contributed by atoms with Crippen molar-refractivity contribution in [2.75, 3.05) is 26.2 Å². The Labute approximate surface area is 133 Å². The van der Waals surface area contributed by atoms with Gasteiger partial charge in [0, 0.05) is 26.2 Å². The van der Waals surface area contributed by atoms with Crippen molar-refractivity contribution in [1.82, 2.24) is 9.80 Å². The number of benzene rings is 1. The van der Waals surface area contributed by atoms with E-state index in [4.69, 9.17) is 23.2 Å². The Balaban J connectivity index is 1.91. The zero-order chi connectivity index (χ0) is 15.4. The summed E-state index contributed by atoms with van der Waals surface area (Å²) in [6, 6.07) is 5.19. The molecule has 0 atom stereocenters. The van der Waals surface area contributed by atoms with Crippen molar-refractivity contribution in [1.29, 1.82) is 0 Å². The average molecular weight is 327 g/mol. The molecule has 0 saturated carbocycles. The normalized spacial score (nSPS) is 15.0. The summed E-state index contributed by atoms with van der Waals surface area (Å²) >= 11 is 11.8. The summed E-state index contributed by atoms with van der Waals surface area (Å²) < 4.78 is 0. The van der Waals surface area contributed by atoms with Crippen molar-refractivity contribution >= 4 is 35.0 Å². The van der Waals surface area contributed by atoms with E-state index in [1.165, 1.54) is 6.08 Å². The number of piperazine rings is 1. The van der Waals surface area contributed by atoms with Gasteiger partial charge in [0.15, 0.2) is 0 Å². The van der Waals surface area contributed by atoms with E-state index in [0.29, 0.717) is 36.2 Å². The van der Waals surface area contributed by atoms with Gasteiger partial charge in [-0.2, -0.15) is 0 Å². The van der Waals surface area contributed by atoms with E-state index in [0.717, 1.165) is 5.56 Å². The third-order valence-corrected chi connectivity index (χ3v) is 4.20. The molecule has 1 aromatic carbocycles. The van der Waals surface area contributed by atoms with E-state index < -0.39 is 0 Å². The Hall–Kier alpha value is -1.52. The Morgan fingerprint density at radius 2 is 1.71 bits per heavy atom. The lowest BCUT2D eigenvalue weighted by atomic mass is 10.1. The maximum atomic E-state index is 12.2. The number of hydrogen-bond donors (Lipinski definition) is 0. The first-order valence-electron chi connectivity index (χ1n) is 6.64. The molecule has 2 amide bonds. The molecule has 1 fully saturated rings. The first-order valence-corrected chi connectivity index (χ1v) is 7.40. The molecule has 0 spiro atoms. The second-order valence-electron chi connectivity index (χ2n) is 4.84. The van der Waals surface area contributed by atoms with Crippen molar-refractivity contribution in [3.8, 4) is 0 Å². The van der Waals surface area contributed by atoms with Gasteiger partial charge in [-0.3, -0.25) is 9.59 Å². The monoisotopic (exact) mass is 326 g/mol. The summed E-state index contributed by atoms with van der Waals surface area (Å²) in [7, 11) is 0. The fraction of sp³-hybridized carbons (Fsp3) is 0.333. The number of amides is 2. The highest BCUT2D eigenvalue weighted by atomic mass is 35.5. The van der Waals surface area contributed by atoms with Crippen LogP contribution in [-0.4, -0.2) is 47.8 Å². The molecule has 6 heteroatoms. The fourth-order valence-corrected chi connectivity index (χ4v) is 2.56. The predicted octanol–water partition coefficient (Wildman–Crippen LogP) is 2.39. The summed E-state index contributed by atoms with van der Waals surface area (Å²) in [5, 5.41) is 0.924. The van der Waals surface area contributed by atoms with Gasteiger partial charge in [-0.25, -0.2) is 0 Å². The van der Waals surface area contributed by atoms with Gasteiger partial charge in [-0.15, -0.1) is 0 Å². The Kier molecular flexibility index (Phi) is 5.26. The van der Waals surface area contributed by atoms with Crippen LogP contribution in [0.4, 0.5) is 0 Å². The molecule has 1 saturated heterocycles. The van der Waals surface area contributed by atoms with Crippen LogP contribution in [0.25, 0.3) is 0 Å². The minimum atomic E-state index is -0.0911. The molecule has 0 aromatic heterocycles. The zero-order valence-corrected chi connectivity index (χ0v) is 13.0. The van der Waals surface area contributed by atoms with Crippen molar-refractivity contribution in [2.45, 2.75) is 6.42 Å². The molecule has 0 N–H and O–H groups in total. The Bertz CT molecular complexity index is 567. The van der Waals surface area contributed by atoms with Gasteiger partial charge < -0.3 is 9.80 Å². The number of hydrogen-bond acceptors (Lipinski definition) is 2. The van der Waals surface area contributed by atoms with Gasteiger partial charge in [0.05, 0.1) is 16.5 Å². The van der Waals surface area contributed by atoms with Crippen molar-refractivity contribution in [3.63, 3.8) is 0 Å². The largest absolute Gasteiger partial charge is 0.339 e. The van der Waals surface area contributed by atoms with Crippen molar-refractivity contribution in [3.05, 3.63) is 46.5 Å². The van der Waals surface area contributed by atoms with Gasteiger partial charge in [0.1, 0.15) is 0 Å². The van der Waals surface area contributed by atoms with Crippen LogP contribution in [0.5, 0.6) is 0 Å². The number of carbonyl (C=O) groups excluding carboxylic acids is 2. The van der Waals surface area contributed by atoms with Crippen LogP contribution < -0.4 is 0 Å². The molecule has 1 aliphatic rings. The van der Waals surface area contributed by atoms with Crippen LogP contribution in [0.15, 0.2) is 30.9 Å². The highest BCUT2D eigenvalue weighted by Gasteiger charge is 2.22. The van der Waals surface area contributed by atoms with Gasteiger partial charge in [0.25, 0.3) is 0 Å². The summed E-state index contributed by atoms with van der Waals surface area (Å²) in [5.41, 5.74) is 0.832. The van der Waals surface area contributed by atoms with Crippen molar-refractivity contribution in [2.24, 2.45) is 0 Å². The third kappa shape index (κ3) is 3.99. The average Bonchev–Trinajstić information content (AvgIpc) is 2.50. The lowest BCUT2D eigenvalue weighted by Crippen LogP contribution is -2.50. The quantitative estimate of drug-likeness (QED) is 0.800. The molecule has 0 radical (unpaired) electrons. The lowest BCUT2D eigenvalue weighted by Gasteiger charge is -2.34. The molecule has 2 rings (SSSR count). The predicted molar refractivity (Wildman–Crippen MR) is 83.5 cm³/mol. The number of nitrogens with zero attached hydrogens (tertiary/aromatic N) is 2. The lowest BCUT2D eigenvalue weighted by molar-refractivity contribution is -0.136. The smallest absolute Gasteiger partial charge is 0.246 e. The molecule has 1 aromatic rings. The zero-order valence-electron chi connectivity index (χ0n) is 11.5. The molecule has 112 valence electrons. The van der Waals surface area contributed by atoms with E-state index in [9.17, 15) is 9.59 Å². The Morgan fingerprint density at radius 3 is 2.29 bits per heavy atom. The Morgan fingerprint density at radius 1 is 1.10 bits per heavy atom. The van der Waals surface area contributed by atoms with E-state index in [-0.39, 0.29) is 18.2 Å². The van der Waals surface area contributed by atoms with Gasteiger partial charge in [-0.1, -0.05) is 35.8 Å². The minimum absolute atomic E-state index is 0.0269. The topological polar surface area (TPSA) is 40.6 Å². The maximum absolute atomic E-state index is 12.2.